The number of hydrogen-bond donors (Lipinski definition) is 1. The van der Waals surface area contributed by atoms with Gasteiger partial charge in [-0.05, 0) is 0 Å². The largest absolute Gasteiger partial charge is 0.366 e. The third kappa shape index (κ3) is 2.05. The van der Waals surface area contributed by atoms with E-state index in [4.69, 9.17) is 10.6 Å². The predicted molar refractivity (Wildman–Crippen MR) is 36.0 cm³/mol. The van der Waals surface area contributed by atoms with Crippen LogP contribution in [-0.2, 0) is 14.4 Å². The van der Waals surface area contributed by atoms with E-state index in [1.807, 2.05) is 0 Å². The summed E-state index contributed by atoms with van der Waals surface area (Å²) in [7, 11) is 0. The predicted octanol–water partition coefficient (Wildman–Crippen LogP) is -1.20. The van der Waals surface area contributed by atoms with Crippen LogP contribution in [-0.4, -0.2) is 30.0 Å². The van der Waals surface area contributed by atoms with Gasteiger partial charge in [0.25, 0.3) is 5.91 Å². The second kappa shape index (κ2) is 3.16. The molecule has 5 nitrogen and oxygen atoms in total. The van der Waals surface area contributed by atoms with Crippen molar-refractivity contribution in [3.63, 3.8) is 0 Å². The van der Waals surface area contributed by atoms with Gasteiger partial charge < -0.3 is 5.73 Å². The Morgan fingerprint density at radius 1 is 1.45 bits per heavy atom. The van der Waals surface area contributed by atoms with Crippen molar-refractivity contribution in [1.29, 1.82) is 0 Å². The van der Waals surface area contributed by atoms with Gasteiger partial charge in [0.2, 0.25) is 5.91 Å². The number of carbonyl (C=O) groups is 2. The Morgan fingerprint density at radius 3 is 2.45 bits per heavy atom. The lowest BCUT2D eigenvalue weighted by atomic mass is 10.4. The van der Waals surface area contributed by atoms with E-state index in [0.29, 0.717) is 13.2 Å². The van der Waals surface area contributed by atoms with Crippen LogP contribution in [0.2, 0.25) is 0 Å². The molecule has 0 spiro atoms. The van der Waals surface area contributed by atoms with Crippen molar-refractivity contribution in [2.75, 3.05) is 13.2 Å². The number of hydrogen-bond acceptors (Lipinski definition) is 3. The quantitative estimate of drug-likeness (QED) is 0.510. The molecule has 0 aromatic carbocycles. The maximum Gasteiger partial charge on any atom is 0.270 e. The van der Waals surface area contributed by atoms with Crippen molar-refractivity contribution in [2.45, 2.75) is 0 Å². The molecule has 0 radical (unpaired) electrons. The molecule has 0 unspecified atom stereocenters. The summed E-state index contributed by atoms with van der Waals surface area (Å²) in [5.41, 5.74) is 4.76. The van der Waals surface area contributed by atoms with Gasteiger partial charge >= 0.3 is 0 Å². The zero-order valence-corrected chi connectivity index (χ0v) is 5.82. The molecule has 2 amide bonds. The minimum absolute atomic E-state index is 0.352. The van der Waals surface area contributed by atoms with Crippen LogP contribution >= 0.6 is 0 Å². The summed E-state index contributed by atoms with van der Waals surface area (Å²) < 4.78 is 0. The maximum absolute atomic E-state index is 10.8. The molecule has 0 atom stereocenters. The number of amides is 2. The van der Waals surface area contributed by atoms with E-state index in [1.54, 1.807) is 0 Å². The lowest BCUT2D eigenvalue weighted by Crippen LogP contribution is -2.43. The lowest BCUT2D eigenvalue weighted by molar-refractivity contribution is -0.234. The molecule has 0 bridgehead atoms. The van der Waals surface area contributed by atoms with Crippen LogP contribution in [0.4, 0.5) is 0 Å². The highest BCUT2D eigenvalue weighted by Gasteiger charge is 2.19. The van der Waals surface area contributed by atoms with Crippen LogP contribution in [0.1, 0.15) is 0 Å². The average molecular weight is 156 g/mol. The third-order valence-electron chi connectivity index (χ3n) is 1.18. The monoisotopic (exact) mass is 156 g/mol. The molecule has 0 aliphatic carbocycles. The highest BCUT2D eigenvalue weighted by molar-refractivity contribution is 5.95. The first kappa shape index (κ1) is 7.74. The van der Waals surface area contributed by atoms with Gasteiger partial charge in [-0.1, -0.05) is 0 Å². The molecule has 60 valence electrons. The first-order valence-electron chi connectivity index (χ1n) is 3.12. The summed E-state index contributed by atoms with van der Waals surface area (Å²) in [6.45, 7) is 1.12. The molecule has 0 aromatic heterocycles. The van der Waals surface area contributed by atoms with Gasteiger partial charge in [0, 0.05) is 12.2 Å². The Morgan fingerprint density at radius 2 is 2.09 bits per heavy atom. The number of rotatable bonds is 2. The summed E-state index contributed by atoms with van der Waals surface area (Å²) in [6.07, 6.45) is 2.09. The van der Waals surface area contributed by atoms with Gasteiger partial charge in [-0.2, -0.15) is 0 Å². The zero-order chi connectivity index (χ0) is 8.27. The standard InChI is InChI=1S/C6H8N2O3/c7-5(9)1-2-6(10)8-3-4-11-8/h1-2H,3-4H2,(H2,7,9)/b2-1+. The van der Waals surface area contributed by atoms with E-state index >= 15 is 0 Å². The fourth-order valence-corrected chi connectivity index (χ4v) is 0.593. The van der Waals surface area contributed by atoms with Crippen molar-refractivity contribution in [1.82, 2.24) is 5.06 Å². The number of hydroxylamine groups is 2. The second-order valence-electron chi connectivity index (χ2n) is 2.01. The number of primary amides is 1. The smallest absolute Gasteiger partial charge is 0.270 e. The first-order valence-corrected chi connectivity index (χ1v) is 3.12. The summed E-state index contributed by atoms with van der Waals surface area (Å²) >= 11 is 0. The molecule has 1 fully saturated rings. The highest BCUT2D eigenvalue weighted by atomic mass is 16.7. The minimum atomic E-state index is -0.640. The molecule has 0 saturated carbocycles. The van der Waals surface area contributed by atoms with Crippen molar-refractivity contribution < 1.29 is 14.4 Å². The highest BCUT2D eigenvalue weighted by Crippen LogP contribution is 2.02. The molecular weight excluding hydrogens is 148 g/mol. The SMILES string of the molecule is NC(=O)/C=C/C(=O)N1CCO1. The summed E-state index contributed by atoms with van der Waals surface area (Å²) in [5.74, 6) is -0.992. The molecule has 11 heavy (non-hydrogen) atoms. The molecule has 1 heterocycles. The van der Waals surface area contributed by atoms with Crippen LogP contribution < -0.4 is 5.73 Å². The van der Waals surface area contributed by atoms with Gasteiger partial charge in [-0.3, -0.25) is 14.4 Å². The van der Waals surface area contributed by atoms with E-state index in [-0.39, 0.29) is 5.91 Å². The molecule has 0 aromatic rings. The third-order valence-corrected chi connectivity index (χ3v) is 1.18. The number of nitrogens with zero attached hydrogens (tertiary/aromatic N) is 1. The van der Waals surface area contributed by atoms with Gasteiger partial charge in [0.1, 0.15) is 0 Å². The van der Waals surface area contributed by atoms with Gasteiger partial charge in [-0.15, -0.1) is 0 Å². The van der Waals surface area contributed by atoms with Crippen molar-refractivity contribution in [3.05, 3.63) is 12.2 Å². The molecule has 1 aliphatic rings. The first-order chi connectivity index (χ1) is 5.20. The molecule has 5 heteroatoms. The molecule has 1 saturated heterocycles. The van der Waals surface area contributed by atoms with E-state index in [2.05, 4.69) is 0 Å². The lowest BCUT2D eigenvalue weighted by Gasteiger charge is -2.28. The maximum atomic E-state index is 10.8. The summed E-state index contributed by atoms with van der Waals surface area (Å²) in [6, 6.07) is 0. The Balaban J connectivity index is 2.36. The van der Waals surface area contributed by atoms with Gasteiger partial charge in [-0.25, -0.2) is 5.06 Å². The van der Waals surface area contributed by atoms with Crippen molar-refractivity contribution in [3.8, 4) is 0 Å². The van der Waals surface area contributed by atoms with Crippen LogP contribution in [0.25, 0.3) is 0 Å². The average Bonchev–Trinajstić information content (AvgIpc) is 1.79. The van der Waals surface area contributed by atoms with E-state index < -0.39 is 5.91 Å². The fourth-order valence-electron chi connectivity index (χ4n) is 0.593. The number of carbonyl (C=O) groups excluding carboxylic acids is 2. The van der Waals surface area contributed by atoms with Crippen LogP contribution in [0.15, 0.2) is 12.2 Å². The Labute approximate surface area is 63.4 Å². The van der Waals surface area contributed by atoms with E-state index in [1.165, 1.54) is 0 Å². The van der Waals surface area contributed by atoms with Crippen molar-refractivity contribution >= 4 is 11.8 Å². The van der Waals surface area contributed by atoms with Crippen LogP contribution in [0.5, 0.6) is 0 Å². The summed E-state index contributed by atoms with van der Waals surface area (Å²) in [5, 5.41) is 1.15. The zero-order valence-electron chi connectivity index (χ0n) is 5.82. The summed E-state index contributed by atoms with van der Waals surface area (Å²) in [4.78, 5) is 25.7. The van der Waals surface area contributed by atoms with Crippen molar-refractivity contribution in [2.24, 2.45) is 5.73 Å². The normalized spacial score (nSPS) is 16.5. The Hall–Kier alpha value is -1.36. The van der Waals surface area contributed by atoms with Crippen LogP contribution in [0, 0.1) is 0 Å². The molecule has 1 aliphatic heterocycles. The fraction of sp³-hybridized carbons (Fsp3) is 0.333. The van der Waals surface area contributed by atoms with E-state index in [9.17, 15) is 9.59 Å². The molecule has 2 N–H and O–H groups in total. The van der Waals surface area contributed by atoms with Gasteiger partial charge in [0.05, 0.1) is 13.2 Å². The second-order valence-corrected chi connectivity index (χ2v) is 2.01. The minimum Gasteiger partial charge on any atom is -0.366 e. The Bertz CT molecular complexity index is 208. The van der Waals surface area contributed by atoms with E-state index in [0.717, 1.165) is 17.2 Å². The Kier molecular flexibility index (Phi) is 2.22. The molecular formula is C6H8N2O3. The number of nitrogens with two attached hydrogens (primary N) is 1. The topological polar surface area (TPSA) is 72.6 Å². The molecule has 1 rings (SSSR count). The van der Waals surface area contributed by atoms with Crippen LogP contribution in [0.3, 0.4) is 0 Å². The van der Waals surface area contributed by atoms with Gasteiger partial charge in [0.15, 0.2) is 0 Å².